The summed E-state index contributed by atoms with van der Waals surface area (Å²) in [7, 11) is 0. The molecule has 4 aliphatic heterocycles. The lowest BCUT2D eigenvalue weighted by Gasteiger charge is -2.53. The summed E-state index contributed by atoms with van der Waals surface area (Å²) in [4.78, 5) is 18.9. The van der Waals surface area contributed by atoms with E-state index < -0.39 is 0 Å². The van der Waals surface area contributed by atoms with Crippen LogP contribution in [0.15, 0.2) is 23.8 Å². The molecule has 0 aromatic carbocycles. The van der Waals surface area contributed by atoms with Crippen LogP contribution in [0, 0.1) is 23.7 Å². The number of hydrogen-bond donors (Lipinski definition) is 0. The molecule has 4 unspecified atom stereocenters. The van der Waals surface area contributed by atoms with Gasteiger partial charge in [-0.3, -0.25) is 14.6 Å². The molecule has 3 nitrogen and oxygen atoms in total. The lowest BCUT2D eigenvalue weighted by molar-refractivity contribution is -0.135. The molecule has 4 heterocycles. The van der Waals surface area contributed by atoms with Crippen LogP contribution in [0.25, 0.3) is 0 Å². The second-order valence-electron chi connectivity index (χ2n) is 12.6. The third-order valence-electron chi connectivity index (χ3n) is 10.2. The van der Waals surface area contributed by atoms with E-state index in [0.717, 1.165) is 31.2 Å². The van der Waals surface area contributed by atoms with Gasteiger partial charge in [-0.2, -0.15) is 0 Å². The van der Waals surface area contributed by atoms with Crippen LogP contribution in [0.3, 0.4) is 0 Å². The van der Waals surface area contributed by atoms with E-state index in [1.165, 1.54) is 122 Å². The molecule has 0 amide bonds. The molecule has 0 spiro atoms. The highest BCUT2D eigenvalue weighted by atomic mass is 16.1. The molecule has 0 aromatic heterocycles. The minimum absolute atomic E-state index is 0.319. The Morgan fingerprint density at radius 2 is 1.46 bits per heavy atom. The monoisotopic (exact) mass is 480 g/mol. The summed E-state index contributed by atoms with van der Waals surface area (Å²) in [5, 5.41) is 0. The number of Topliss-reactive ketones (excluding diaryl/α,β-unsaturated/α-hetero) is 1. The van der Waals surface area contributed by atoms with Crippen LogP contribution in [0.2, 0.25) is 0 Å². The summed E-state index contributed by atoms with van der Waals surface area (Å²) in [6.45, 7) is 6.04. The lowest BCUT2D eigenvalue weighted by atomic mass is 9.64. The summed E-state index contributed by atoms with van der Waals surface area (Å²) >= 11 is 0. The molecule has 0 saturated carbocycles. The average Bonchev–Trinajstić information content (AvgIpc) is 2.87. The largest absolute Gasteiger partial charge is 0.299 e. The Morgan fingerprint density at radius 1 is 0.686 bits per heavy atom. The zero-order chi connectivity index (χ0) is 23.9. The molecule has 1 aliphatic carbocycles. The van der Waals surface area contributed by atoms with Crippen LogP contribution in [0.4, 0.5) is 0 Å². The Morgan fingerprint density at radius 3 is 2.34 bits per heavy atom. The summed E-state index contributed by atoms with van der Waals surface area (Å²) in [5.74, 6) is 3.13. The number of hydrogen-bond acceptors (Lipinski definition) is 3. The fourth-order valence-corrected chi connectivity index (χ4v) is 8.44. The van der Waals surface area contributed by atoms with Crippen molar-refractivity contribution < 1.29 is 4.79 Å². The molecular weight excluding hydrogens is 428 g/mol. The normalized spacial score (nSPS) is 39.5. The van der Waals surface area contributed by atoms with Crippen LogP contribution in [-0.4, -0.2) is 54.3 Å². The maximum atomic E-state index is 13.3. The van der Waals surface area contributed by atoms with Crippen molar-refractivity contribution in [2.75, 3.05) is 32.7 Å². The van der Waals surface area contributed by atoms with Gasteiger partial charge in [-0.25, -0.2) is 0 Å². The predicted octanol–water partition coefficient (Wildman–Crippen LogP) is 7.18. The second-order valence-corrected chi connectivity index (χ2v) is 12.6. The SMILES string of the molecule is O=C1CCN2CCC3C4C=C5CCCCCC[C@@H]1[C@H]2C3CCCCCC/C=C\CCCCN(C5)C4. The van der Waals surface area contributed by atoms with Crippen LogP contribution in [0.1, 0.15) is 109 Å². The first kappa shape index (κ1) is 25.7. The number of ketones is 1. The van der Waals surface area contributed by atoms with E-state index in [4.69, 9.17) is 0 Å². The molecule has 0 aromatic rings. The van der Waals surface area contributed by atoms with Crippen molar-refractivity contribution in [1.29, 1.82) is 0 Å². The van der Waals surface area contributed by atoms with Gasteiger partial charge in [0.1, 0.15) is 5.78 Å². The van der Waals surface area contributed by atoms with E-state index >= 15 is 0 Å². The fourth-order valence-electron chi connectivity index (χ4n) is 8.44. The minimum atomic E-state index is 0.319. The molecule has 2 saturated heterocycles. The van der Waals surface area contributed by atoms with Crippen molar-refractivity contribution in [3.05, 3.63) is 23.8 Å². The smallest absolute Gasteiger partial charge is 0.138 e. The Kier molecular flexibility index (Phi) is 9.58. The molecule has 5 rings (SSSR count). The van der Waals surface area contributed by atoms with Gasteiger partial charge in [0, 0.05) is 38.0 Å². The number of rotatable bonds is 0. The van der Waals surface area contributed by atoms with E-state index in [1.807, 2.05) is 0 Å². The quantitative estimate of drug-likeness (QED) is 0.343. The molecule has 5 aliphatic rings. The predicted molar refractivity (Wildman–Crippen MR) is 146 cm³/mol. The number of nitrogens with zero attached hydrogens (tertiary/aromatic N) is 2. The lowest BCUT2D eigenvalue weighted by Crippen LogP contribution is -2.59. The summed E-state index contributed by atoms with van der Waals surface area (Å²) in [5.41, 5.74) is 1.75. The van der Waals surface area contributed by atoms with E-state index in [0.29, 0.717) is 23.7 Å². The number of carbonyl (C=O) groups excluding carboxylic acids is 1. The molecule has 196 valence electrons. The first-order valence-corrected chi connectivity index (χ1v) is 15.6. The van der Waals surface area contributed by atoms with Gasteiger partial charge in [-0.15, -0.1) is 0 Å². The summed E-state index contributed by atoms with van der Waals surface area (Å²) in [6.07, 6.45) is 29.6. The molecule has 2 fully saturated rings. The zero-order valence-corrected chi connectivity index (χ0v) is 22.5. The van der Waals surface area contributed by atoms with Crippen molar-refractivity contribution in [2.45, 2.75) is 115 Å². The number of carbonyl (C=O) groups is 1. The maximum Gasteiger partial charge on any atom is 0.138 e. The second kappa shape index (κ2) is 13.0. The maximum absolute atomic E-state index is 13.3. The van der Waals surface area contributed by atoms with Gasteiger partial charge >= 0.3 is 0 Å². The Bertz CT molecular complexity index is 742. The Labute approximate surface area is 215 Å². The van der Waals surface area contributed by atoms with Crippen LogP contribution >= 0.6 is 0 Å². The summed E-state index contributed by atoms with van der Waals surface area (Å²) in [6, 6.07) is 0.535. The molecule has 0 N–H and O–H groups in total. The Balaban J connectivity index is 1.44. The van der Waals surface area contributed by atoms with Crippen molar-refractivity contribution in [1.82, 2.24) is 9.80 Å². The number of allylic oxidation sites excluding steroid dienone is 2. The van der Waals surface area contributed by atoms with E-state index in [-0.39, 0.29) is 0 Å². The molecule has 6 atom stereocenters. The van der Waals surface area contributed by atoms with Crippen molar-refractivity contribution in [2.24, 2.45) is 23.7 Å². The molecule has 0 radical (unpaired) electrons. The van der Waals surface area contributed by atoms with Crippen molar-refractivity contribution >= 4 is 5.78 Å². The summed E-state index contributed by atoms with van der Waals surface area (Å²) < 4.78 is 0. The number of fused-ring (bicyclic) bond motifs is 1. The first-order chi connectivity index (χ1) is 17.3. The van der Waals surface area contributed by atoms with Gasteiger partial charge in [0.15, 0.2) is 0 Å². The highest BCUT2D eigenvalue weighted by molar-refractivity contribution is 5.82. The zero-order valence-electron chi connectivity index (χ0n) is 22.5. The fraction of sp³-hybridized carbons (Fsp3) is 0.844. The highest BCUT2D eigenvalue weighted by Crippen LogP contribution is 2.45. The van der Waals surface area contributed by atoms with Crippen LogP contribution < -0.4 is 0 Å². The third-order valence-corrected chi connectivity index (χ3v) is 10.2. The van der Waals surface area contributed by atoms with Crippen molar-refractivity contribution in [3.63, 3.8) is 0 Å². The third kappa shape index (κ3) is 6.69. The van der Waals surface area contributed by atoms with E-state index in [1.54, 1.807) is 5.57 Å². The van der Waals surface area contributed by atoms with Gasteiger partial charge in [-0.1, -0.05) is 62.3 Å². The van der Waals surface area contributed by atoms with Crippen molar-refractivity contribution in [3.8, 4) is 0 Å². The van der Waals surface area contributed by atoms with Gasteiger partial charge in [0.25, 0.3) is 0 Å². The average molecular weight is 481 g/mol. The Hall–Kier alpha value is -0.930. The first-order valence-electron chi connectivity index (χ1n) is 15.6. The van der Waals surface area contributed by atoms with Gasteiger partial charge < -0.3 is 0 Å². The van der Waals surface area contributed by atoms with Gasteiger partial charge in [0.2, 0.25) is 0 Å². The topological polar surface area (TPSA) is 23.6 Å². The van der Waals surface area contributed by atoms with E-state index in [2.05, 4.69) is 28.0 Å². The number of piperidine rings is 2. The molecule has 35 heavy (non-hydrogen) atoms. The van der Waals surface area contributed by atoms with E-state index in [9.17, 15) is 4.79 Å². The molecular formula is C32H52N2O. The van der Waals surface area contributed by atoms with Crippen LogP contribution in [-0.2, 0) is 4.79 Å². The van der Waals surface area contributed by atoms with Gasteiger partial charge in [-0.05, 0) is 95.1 Å². The van der Waals surface area contributed by atoms with Gasteiger partial charge in [0.05, 0.1) is 0 Å². The standard InChI is InChI=1S/C32H52N2O/c35-31-19-22-34-21-18-28-27-23-26-15-11-8-9-13-17-30(31)32(34)29(28)16-12-7-5-3-1-2-4-6-10-14-20-33(24-26)25-27/h2,4,23,27-30,32H,1,3,5-22,24-25H2/b4-2-/t27?,28?,29?,30-,32+/m0/s1. The molecule has 6 bridgehead atoms. The minimum Gasteiger partial charge on any atom is -0.299 e. The van der Waals surface area contributed by atoms with Crippen LogP contribution in [0.5, 0.6) is 0 Å². The molecule has 3 heteroatoms. The highest BCUT2D eigenvalue weighted by Gasteiger charge is 2.48.